The van der Waals surface area contributed by atoms with Crippen LogP contribution in [0, 0.1) is 0 Å². The molecule has 0 aromatic heterocycles. The lowest BCUT2D eigenvalue weighted by Crippen LogP contribution is -2.49. The van der Waals surface area contributed by atoms with Crippen LogP contribution in [0.1, 0.15) is 17.0 Å². The molecule has 4 rings (SSSR count). The highest BCUT2D eigenvalue weighted by Crippen LogP contribution is 2.44. The number of carbonyl (C=O) groups is 2. The van der Waals surface area contributed by atoms with Gasteiger partial charge in [-0.05, 0) is 22.3 Å². The summed E-state index contributed by atoms with van der Waals surface area (Å²) in [4.78, 5) is 24.8. The van der Waals surface area contributed by atoms with Gasteiger partial charge in [-0.15, -0.1) is 0 Å². The van der Waals surface area contributed by atoms with Gasteiger partial charge in [0.1, 0.15) is 13.2 Å². The van der Waals surface area contributed by atoms with E-state index in [0.717, 1.165) is 27.2 Å². The van der Waals surface area contributed by atoms with Crippen molar-refractivity contribution in [3.8, 4) is 11.1 Å². The highest BCUT2D eigenvalue weighted by molar-refractivity contribution is 7.91. The van der Waals surface area contributed by atoms with Gasteiger partial charge in [-0.1, -0.05) is 48.5 Å². The van der Waals surface area contributed by atoms with Crippen LogP contribution < -0.4 is 0 Å². The van der Waals surface area contributed by atoms with E-state index in [1.54, 1.807) is 0 Å². The highest BCUT2D eigenvalue weighted by Gasteiger charge is 2.43. The Bertz CT molecular complexity index is 1050. The number of amides is 1. The van der Waals surface area contributed by atoms with Crippen molar-refractivity contribution in [1.29, 1.82) is 0 Å². The number of carbonyl (C=O) groups excluding carboxylic acids is 1. The summed E-state index contributed by atoms with van der Waals surface area (Å²) < 4.78 is 29.1. The van der Waals surface area contributed by atoms with E-state index in [1.807, 2.05) is 48.5 Å². The van der Waals surface area contributed by atoms with Crippen LogP contribution in [-0.4, -0.2) is 72.4 Å². The normalized spacial score (nSPS) is 21.6. The number of nitrogens with zero attached hydrogens (tertiary/aromatic N) is 1. The van der Waals surface area contributed by atoms with Gasteiger partial charge in [0.2, 0.25) is 0 Å². The second kappa shape index (κ2) is 7.73. The summed E-state index contributed by atoms with van der Waals surface area (Å²) in [5.41, 5.74) is 4.10. The molecule has 2 atom stereocenters. The van der Waals surface area contributed by atoms with Crippen molar-refractivity contribution in [3.63, 3.8) is 0 Å². The number of rotatable bonds is 5. The molecule has 1 saturated heterocycles. The molecule has 0 spiro atoms. The second-order valence-electron chi connectivity index (χ2n) is 7.54. The van der Waals surface area contributed by atoms with Gasteiger partial charge in [-0.25, -0.2) is 13.2 Å². The van der Waals surface area contributed by atoms with Crippen LogP contribution in [0.15, 0.2) is 48.5 Å². The van der Waals surface area contributed by atoms with Crippen LogP contribution in [0.3, 0.4) is 0 Å². The van der Waals surface area contributed by atoms with Crippen molar-refractivity contribution in [2.24, 2.45) is 0 Å². The molecule has 30 heavy (non-hydrogen) atoms. The minimum atomic E-state index is -3.56. The fraction of sp³-hybridized carbons (Fsp3) is 0.333. The molecule has 0 saturated carbocycles. The van der Waals surface area contributed by atoms with Crippen molar-refractivity contribution in [1.82, 2.24) is 4.90 Å². The lowest BCUT2D eigenvalue weighted by Gasteiger charge is -2.28. The van der Waals surface area contributed by atoms with E-state index in [1.165, 1.54) is 0 Å². The molecule has 1 amide bonds. The molecule has 1 fully saturated rings. The minimum Gasteiger partial charge on any atom is -0.480 e. The summed E-state index contributed by atoms with van der Waals surface area (Å²) in [5.74, 6) is -2.54. The Hall–Kier alpha value is -2.91. The van der Waals surface area contributed by atoms with Gasteiger partial charge >= 0.3 is 12.1 Å². The first-order valence-electron chi connectivity index (χ1n) is 9.49. The molecule has 1 heterocycles. The average molecular weight is 431 g/mol. The molecule has 1 aliphatic heterocycles. The van der Waals surface area contributed by atoms with Crippen LogP contribution in [0.2, 0.25) is 0 Å². The zero-order valence-electron chi connectivity index (χ0n) is 16.0. The summed E-state index contributed by atoms with van der Waals surface area (Å²) in [6.07, 6.45) is -2.31. The van der Waals surface area contributed by atoms with Crippen molar-refractivity contribution in [2.45, 2.75) is 18.1 Å². The third-order valence-electron chi connectivity index (χ3n) is 5.57. The molecule has 8 nitrogen and oxygen atoms in total. The summed E-state index contributed by atoms with van der Waals surface area (Å²) in [7, 11) is -3.56. The van der Waals surface area contributed by atoms with Crippen LogP contribution in [0.5, 0.6) is 0 Å². The molecule has 2 aromatic carbocycles. The van der Waals surface area contributed by atoms with E-state index < -0.39 is 52.1 Å². The molecule has 2 aromatic rings. The molecule has 0 unspecified atom stereocenters. The van der Waals surface area contributed by atoms with Crippen molar-refractivity contribution in [3.05, 3.63) is 59.7 Å². The number of hydrogen-bond donors (Lipinski definition) is 2. The monoisotopic (exact) mass is 431 g/mol. The molecule has 1 aliphatic carbocycles. The Morgan fingerprint density at radius 1 is 1.00 bits per heavy atom. The number of aliphatic hydroxyl groups excluding tert-OH is 1. The number of carboxylic acids is 1. The Labute approximate surface area is 173 Å². The number of aliphatic carboxylic acids is 1. The summed E-state index contributed by atoms with van der Waals surface area (Å²) >= 11 is 0. The maximum atomic E-state index is 12.7. The SMILES string of the molecule is O=C(O)CN(C(=O)OCC1c2ccccc2-c2ccccc21)[C@H]1CS(=O)(=O)C[C@H]1O. The predicted octanol–water partition coefficient (Wildman–Crippen LogP) is 1.48. The van der Waals surface area contributed by atoms with E-state index in [2.05, 4.69) is 0 Å². The summed E-state index contributed by atoms with van der Waals surface area (Å²) in [6.45, 7) is -0.785. The number of carboxylic acid groups (broad SMARTS) is 1. The standard InChI is InChI=1S/C21H21NO7S/c23-19-12-30(27,28)11-18(19)22(9-20(24)25)21(26)29-10-17-15-7-3-1-5-13(15)14-6-2-4-8-16(14)17/h1-8,17-19,23H,9-12H2,(H,24,25)/t18-,19+/m0/s1. The van der Waals surface area contributed by atoms with E-state index in [4.69, 9.17) is 9.84 Å². The number of fused-ring (bicyclic) bond motifs is 3. The maximum Gasteiger partial charge on any atom is 0.410 e. The molecule has 2 N–H and O–H groups in total. The molecule has 9 heteroatoms. The van der Waals surface area contributed by atoms with Crippen molar-refractivity contribution in [2.75, 3.05) is 24.7 Å². The quantitative estimate of drug-likeness (QED) is 0.735. The Morgan fingerprint density at radius 3 is 2.07 bits per heavy atom. The van der Waals surface area contributed by atoms with Gasteiger partial charge in [0, 0.05) is 5.92 Å². The Morgan fingerprint density at radius 2 is 1.57 bits per heavy atom. The van der Waals surface area contributed by atoms with E-state index >= 15 is 0 Å². The van der Waals surface area contributed by atoms with Gasteiger partial charge in [0.05, 0.1) is 23.7 Å². The largest absolute Gasteiger partial charge is 0.480 e. The number of aliphatic hydroxyl groups is 1. The van der Waals surface area contributed by atoms with E-state index in [0.29, 0.717) is 0 Å². The Kier molecular flexibility index (Phi) is 5.25. The fourth-order valence-corrected chi connectivity index (χ4v) is 6.05. The topological polar surface area (TPSA) is 121 Å². The molecule has 2 aliphatic rings. The molecular weight excluding hydrogens is 410 g/mol. The smallest absolute Gasteiger partial charge is 0.410 e. The predicted molar refractivity (Wildman–Crippen MR) is 108 cm³/mol. The van der Waals surface area contributed by atoms with E-state index in [-0.39, 0.29) is 12.5 Å². The lowest BCUT2D eigenvalue weighted by molar-refractivity contribution is -0.138. The van der Waals surface area contributed by atoms with Gasteiger partial charge in [-0.3, -0.25) is 9.69 Å². The summed E-state index contributed by atoms with van der Waals surface area (Å²) in [6, 6.07) is 14.4. The highest BCUT2D eigenvalue weighted by atomic mass is 32.2. The number of hydrogen-bond acceptors (Lipinski definition) is 6. The number of benzene rings is 2. The fourth-order valence-electron chi connectivity index (χ4n) is 4.25. The first-order chi connectivity index (χ1) is 14.3. The number of ether oxygens (including phenoxy) is 1. The zero-order chi connectivity index (χ0) is 21.5. The van der Waals surface area contributed by atoms with Crippen LogP contribution in [0.4, 0.5) is 4.79 Å². The number of sulfone groups is 1. The van der Waals surface area contributed by atoms with Gasteiger partial charge < -0.3 is 14.9 Å². The lowest BCUT2D eigenvalue weighted by atomic mass is 9.98. The Balaban J connectivity index is 1.55. The van der Waals surface area contributed by atoms with Crippen LogP contribution >= 0.6 is 0 Å². The second-order valence-corrected chi connectivity index (χ2v) is 9.69. The van der Waals surface area contributed by atoms with E-state index in [9.17, 15) is 23.1 Å². The third kappa shape index (κ3) is 3.78. The zero-order valence-corrected chi connectivity index (χ0v) is 16.8. The van der Waals surface area contributed by atoms with Crippen molar-refractivity contribution < 1.29 is 33.0 Å². The van der Waals surface area contributed by atoms with Crippen LogP contribution in [0.25, 0.3) is 11.1 Å². The first kappa shape index (κ1) is 20.4. The van der Waals surface area contributed by atoms with Gasteiger partial charge in [0.15, 0.2) is 9.84 Å². The van der Waals surface area contributed by atoms with Crippen molar-refractivity contribution >= 4 is 21.9 Å². The maximum absolute atomic E-state index is 12.7. The molecule has 0 bridgehead atoms. The molecule has 0 radical (unpaired) electrons. The summed E-state index contributed by atoms with van der Waals surface area (Å²) in [5, 5.41) is 19.2. The first-order valence-corrected chi connectivity index (χ1v) is 11.3. The van der Waals surface area contributed by atoms with Gasteiger partial charge in [-0.2, -0.15) is 0 Å². The third-order valence-corrected chi connectivity index (χ3v) is 7.27. The van der Waals surface area contributed by atoms with Crippen LogP contribution in [-0.2, 0) is 19.4 Å². The molecule has 158 valence electrons. The van der Waals surface area contributed by atoms with Gasteiger partial charge in [0.25, 0.3) is 0 Å². The minimum absolute atomic E-state index is 0.0292. The average Bonchev–Trinajstić information content (AvgIpc) is 3.17. The molecular formula is C21H21NO7S.